The van der Waals surface area contributed by atoms with E-state index in [1.807, 2.05) is 30.3 Å². The summed E-state index contributed by atoms with van der Waals surface area (Å²) in [5.41, 5.74) is 4.42. The van der Waals surface area contributed by atoms with Crippen LogP contribution < -0.4 is 5.43 Å². The van der Waals surface area contributed by atoms with Gasteiger partial charge in [0.2, 0.25) is 5.16 Å². The van der Waals surface area contributed by atoms with Gasteiger partial charge in [0.25, 0.3) is 11.6 Å². The molecule has 2 aromatic carbocycles. The van der Waals surface area contributed by atoms with Crippen molar-refractivity contribution >= 4 is 23.4 Å². The fourth-order valence-electron chi connectivity index (χ4n) is 2.40. The Morgan fingerprint density at radius 1 is 1.19 bits per heavy atom. The fourth-order valence-corrected chi connectivity index (χ4v) is 3.29. The summed E-state index contributed by atoms with van der Waals surface area (Å²) in [5, 5.41) is 19.7. The van der Waals surface area contributed by atoms with Crippen LogP contribution in [-0.2, 0) is 5.75 Å². The van der Waals surface area contributed by atoms with E-state index in [0.29, 0.717) is 22.3 Å². The number of rotatable bonds is 6. The Labute approximate surface area is 159 Å². The van der Waals surface area contributed by atoms with Crippen LogP contribution in [-0.4, -0.2) is 25.7 Å². The van der Waals surface area contributed by atoms with Crippen molar-refractivity contribution in [2.24, 2.45) is 0 Å². The number of aromatic nitrogens is 3. The molecule has 0 fully saturated rings. The van der Waals surface area contributed by atoms with Gasteiger partial charge in [-0.2, -0.15) is 0 Å². The third-order valence-corrected chi connectivity index (χ3v) is 4.89. The number of nitro benzene ring substituents is 1. The molecular formula is C18H17N5O3S. The van der Waals surface area contributed by atoms with Gasteiger partial charge in [0.1, 0.15) is 5.82 Å². The van der Waals surface area contributed by atoms with Crippen LogP contribution in [0.15, 0.2) is 53.7 Å². The second kappa shape index (κ2) is 8.00. The van der Waals surface area contributed by atoms with Crippen LogP contribution in [0.2, 0.25) is 0 Å². The molecule has 27 heavy (non-hydrogen) atoms. The molecule has 0 radical (unpaired) electrons. The molecule has 9 heteroatoms. The monoisotopic (exact) mass is 383 g/mol. The van der Waals surface area contributed by atoms with E-state index in [1.54, 1.807) is 26.0 Å². The maximum atomic E-state index is 12.6. The lowest BCUT2D eigenvalue weighted by atomic mass is 10.1. The molecule has 1 amide bonds. The highest BCUT2D eigenvalue weighted by molar-refractivity contribution is 7.98. The molecule has 3 rings (SSSR count). The fraction of sp³-hybridized carbons (Fsp3) is 0.167. The van der Waals surface area contributed by atoms with E-state index in [2.05, 4.69) is 15.6 Å². The summed E-state index contributed by atoms with van der Waals surface area (Å²) in [6, 6.07) is 14.2. The zero-order valence-electron chi connectivity index (χ0n) is 14.7. The molecule has 0 aliphatic heterocycles. The van der Waals surface area contributed by atoms with Crippen LogP contribution in [0.3, 0.4) is 0 Å². The summed E-state index contributed by atoms with van der Waals surface area (Å²) in [5.74, 6) is 0.716. The SMILES string of the molecule is Cc1ccc(C(=O)Nn2c(C)nnc2SCc2ccccc2)cc1[N+](=O)[O-]. The topological polar surface area (TPSA) is 103 Å². The standard InChI is InChI=1S/C18H17N5O3S/c1-12-8-9-15(10-16(12)23(25)26)17(24)21-22-13(2)19-20-18(22)27-11-14-6-4-3-5-7-14/h3-10H,11H2,1-2H3,(H,21,24). The smallest absolute Gasteiger partial charge is 0.267 e. The number of aryl methyl sites for hydroxylation is 2. The molecule has 138 valence electrons. The third-order valence-electron chi connectivity index (χ3n) is 3.89. The maximum absolute atomic E-state index is 12.6. The molecule has 0 bridgehead atoms. The van der Waals surface area contributed by atoms with Gasteiger partial charge in [0.05, 0.1) is 4.92 Å². The normalized spacial score (nSPS) is 10.6. The molecule has 0 aliphatic carbocycles. The summed E-state index contributed by atoms with van der Waals surface area (Å²) in [6.07, 6.45) is 0. The van der Waals surface area contributed by atoms with Gasteiger partial charge in [-0.25, -0.2) is 4.68 Å². The summed E-state index contributed by atoms with van der Waals surface area (Å²) in [6.45, 7) is 3.35. The maximum Gasteiger partial charge on any atom is 0.273 e. The number of carbonyl (C=O) groups is 1. The molecule has 0 spiro atoms. The largest absolute Gasteiger partial charge is 0.273 e. The number of hydrogen-bond donors (Lipinski definition) is 1. The molecule has 0 aliphatic rings. The first-order valence-electron chi connectivity index (χ1n) is 8.11. The molecule has 0 saturated carbocycles. The van der Waals surface area contributed by atoms with Crippen molar-refractivity contribution in [3.8, 4) is 0 Å². The van der Waals surface area contributed by atoms with Crippen LogP contribution in [0.1, 0.15) is 27.3 Å². The molecule has 0 atom stereocenters. The van der Waals surface area contributed by atoms with Crippen molar-refractivity contribution in [2.75, 3.05) is 5.43 Å². The highest BCUT2D eigenvalue weighted by Gasteiger charge is 2.17. The van der Waals surface area contributed by atoms with E-state index in [0.717, 1.165) is 5.56 Å². The van der Waals surface area contributed by atoms with Crippen LogP contribution in [0.5, 0.6) is 0 Å². The van der Waals surface area contributed by atoms with Gasteiger partial charge < -0.3 is 0 Å². The van der Waals surface area contributed by atoms with Crippen molar-refractivity contribution in [2.45, 2.75) is 24.8 Å². The van der Waals surface area contributed by atoms with E-state index in [1.165, 1.54) is 22.5 Å². The Kier molecular flexibility index (Phi) is 5.51. The Balaban J connectivity index is 1.77. The average molecular weight is 383 g/mol. The van der Waals surface area contributed by atoms with Crippen LogP contribution in [0.4, 0.5) is 5.69 Å². The van der Waals surface area contributed by atoms with E-state index in [-0.39, 0.29) is 11.3 Å². The second-order valence-electron chi connectivity index (χ2n) is 5.84. The molecule has 1 heterocycles. The van der Waals surface area contributed by atoms with Crippen molar-refractivity contribution in [3.05, 3.63) is 81.2 Å². The van der Waals surface area contributed by atoms with Crippen molar-refractivity contribution in [1.29, 1.82) is 0 Å². The molecule has 1 aromatic heterocycles. The number of nitrogens with one attached hydrogen (secondary N) is 1. The molecule has 1 N–H and O–H groups in total. The number of benzene rings is 2. The van der Waals surface area contributed by atoms with Crippen molar-refractivity contribution in [1.82, 2.24) is 14.9 Å². The summed E-state index contributed by atoms with van der Waals surface area (Å²) >= 11 is 1.44. The number of nitro groups is 1. The number of amides is 1. The first kappa shape index (κ1) is 18.6. The minimum atomic E-state index is -0.503. The van der Waals surface area contributed by atoms with Gasteiger partial charge in [0.15, 0.2) is 0 Å². The molecule has 0 saturated heterocycles. The lowest BCUT2D eigenvalue weighted by molar-refractivity contribution is -0.385. The van der Waals surface area contributed by atoms with E-state index in [9.17, 15) is 14.9 Å². The predicted octanol–water partition coefficient (Wildman–Crippen LogP) is 3.48. The summed E-state index contributed by atoms with van der Waals surface area (Å²) in [7, 11) is 0. The van der Waals surface area contributed by atoms with Gasteiger partial charge in [-0.3, -0.25) is 20.3 Å². The summed E-state index contributed by atoms with van der Waals surface area (Å²) in [4.78, 5) is 23.1. The Morgan fingerprint density at radius 2 is 1.93 bits per heavy atom. The van der Waals surface area contributed by atoms with Gasteiger partial charge >= 0.3 is 0 Å². The Morgan fingerprint density at radius 3 is 2.63 bits per heavy atom. The lowest BCUT2D eigenvalue weighted by Crippen LogP contribution is -2.24. The first-order chi connectivity index (χ1) is 13.0. The predicted molar refractivity (Wildman–Crippen MR) is 102 cm³/mol. The number of nitrogens with zero attached hydrogens (tertiary/aromatic N) is 4. The van der Waals surface area contributed by atoms with Crippen LogP contribution in [0, 0.1) is 24.0 Å². The molecule has 8 nitrogen and oxygen atoms in total. The zero-order chi connectivity index (χ0) is 19.4. The van der Waals surface area contributed by atoms with E-state index in [4.69, 9.17) is 0 Å². The van der Waals surface area contributed by atoms with Gasteiger partial charge in [-0.1, -0.05) is 48.2 Å². The van der Waals surface area contributed by atoms with Gasteiger partial charge in [-0.05, 0) is 25.5 Å². The minimum Gasteiger partial charge on any atom is -0.267 e. The van der Waals surface area contributed by atoms with Gasteiger partial charge in [0, 0.05) is 22.9 Å². The Bertz CT molecular complexity index is 988. The number of hydrogen-bond acceptors (Lipinski definition) is 6. The number of thioether (sulfide) groups is 1. The van der Waals surface area contributed by atoms with Crippen molar-refractivity contribution in [3.63, 3.8) is 0 Å². The highest BCUT2D eigenvalue weighted by Crippen LogP contribution is 2.22. The van der Waals surface area contributed by atoms with Crippen molar-refractivity contribution < 1.29 is 9.72 Å². The van der Waals surface area contributed by atoms with E-state index >= 15 is 0 Å². The quantitative estimate of drug-likeness (QED) is 0.397. The summed E-state index contributed by atoms with van der Waals surface area (Å²) < 4.78 is 1.49. The minimum absolute atomic E-state index is 0.0956. The van der Waals surface area contributed by atoms with Crippen LogP contribution >= 0.6 is 11.8 Å². The highest BCUT2D eigenvalue weighted by atomic mass is 32.2. The Hall–Kier alpha value is -3.20. The second-order valence-corrected chi connectivity index (χ2v) is 6.78. The average Bonchev–Trinajstić information content (AvgIpc) is 3.00. The first-order valence-corrected chi connectivity index (χ1v) is 9.09. The van der Waals surface area contributed by atoms with Gasteiger partial charge in [-0.15, -0.1) is 10.2 Å². The molecule has 0 unspecified atom stereocenters. The van der Waals surface area contributed by atoms with E-state index < -0.39 is 10.8 Å². The number of carbonyl (C=O) groups excluding carboxylic acids is 1. The lowest BCUT2D eigenvalue weighted by Gasteiger charge is -2.10. The zero-order valence-corrected chi connectivity index (χ0v) is 15.6. The van der Waals surface area contributed by atoms with Crippen LogP contribution in [0.25, 0.3) is 0 Å². The molecular weight excluding hydrogens is 366 g/mol. The molecule has 3 aromatic rings. The third kappa shape index (κ3) is 4.32.